The van der Waals surface area contributed by atoms with Crippen molar-refractivity contribution in [2.75, 3.05) is 38.2 Å². The van der Waals surface area contributed by atoms with Gasteiger partial charge < -0.3 is 19.9 Å². The first-order valence-corrected chi connectivity index (χ1v) is 8.77. The van der Waals surface area contributed by atoms with Crippen LogP contribution in [0.3, 0.4) is 0 Å². The van der Waals surface area contributed by atoms with E-state index in [9.17, 15) is 4.79 Å². The predicted molar refractivity (Wildman–Crippen MR) is 101 cm³/mol. The number of hydrogen-bond acceptors (Lipinski definition) is 5. The number of nitrogens with zero attached hydrogens (tertiary/aromatic N) is 4. The zero-order valence-corrected chi connectivity index (χ0v) is 15.5. The summed E-state index contributed by atoms with van der Waals surface area (Å²) in [6, 6.07) is 3.93. The molecule has 1 aliphatic rings. The summed E-state index contributed by atoms with van der Waals surface area (Å²) in [6.07, 6.45) is 5.36. The number of methoxy groups -OCH3 is 1. The standard InChI is InChI=1S/C19H25N5O2/c1-14-12-21-17(15(2)18(14)26-3)13-22-19(25)24-10-8-23(9-11-24)16-4-6-20-7-5-16/h4-7,12H,8-11,13H2,1-3H3,(H,22,25). The summed E-state index contributed by atoms with van der Waals surface area (Å²) < 4.78 is 5.42. The maximum atomic E-state index is 12.5. The Morgan fingerprint density at radius 2 is 1.88 bits per heavy atom. The van der Waals surface area contributed by atoms with Gasteiger partial charge in [0.1, 0.15) is 5.75 Å². The number of urea groups is 1. The maximum Gasteiger partial charge on any atom is 0.317 e. The van der Waals surface area contributed by atoms with Crippen LogP contribution < -0.4 is 15.0 Å². The SMILES string of the molecule is COc1c(C)cnc(CNC(=O)N2CCN(c3ccncc3)CC2)c1C. The first-order chi connectivity index (χ1) is 12.6. The van der Waals surface area contributed by atoms with Gasteiger partial charge in [0.2, 0.25) is 0 Å². The summed E-state index contributed by atoms with van der Waals surface area (Å²) in [6.45, 7) is 7.33. The highest BCUT2D eigenvalue weighted by Crippen LogP contribution is 2.23. The van der Waals surface area contributed by atoms with E-state index >= 15 is 0 Å². The number of hydrogen-bond donors (Lipinski definition) is 1. The van der Waals surface area contributed by atoms with Gasteiger partial charge in [-0.3, -0.25) is 9.97 Å². The summed E-state index contributed by atoms with van der Waals surface area (Å²) in [5.41, 5.74) is 3.94. The van der Waals surface area contributed by atoms with Gasteiger partial charge in [0, 0.05) is 61.6 Å². The molecule has 7 nitrogen and oxygen atoms in total. The molecule has 2 aromatic rings. The van der Waals surface area contributed by atoms with Crippen molar-refractivity contribution >= 4 is 11.7 Å². The Balaban J connectivity index is 1.54. The highest BCUT2D eigenvalue weighted by Gasteiger charge is 2.21. The lowest BCUT2D eigenvalue weighted by Gasteiger charge is -2.36. The van der Waals surface area contributed by atoms with Crippen LogP contribution in [0, 0.1) is 13.8 Å². The normalized spacial score (nSPS) is 14.3. The molecular formula is C19H25N5O2. The van der Waals surface area contributed by atoms with Crippen LogP contribution in [0.5, 0.6) is 5.75 Å². The van der Waals surface area contributed by atoms with Gasteiger partial charge >= 0.3 is 6.03 Å². The zero-order valence-electron chi connectivity index (χ0n) is 15.5. The Morgan fingerprint density at radius 1 is 1.19 bits per heavy atom. The maximum absolute atomic E-state index is 12.5. The minimum absolute atomic E-state index is 0.0554. The molecule has 138 valence electrons. The molecule has 0 saturated carbocycles. The molecule has 7 heteroatoms. The number of ether oxygens (including phenoxy) is 1. The summed E-state index contributed by atoms with van der Waals surface area (Å²) >= 11 is 0. The number of rotatable bonds is 4. The number of aromatic nitrogens is 2. The molecule has 3 heterocycles. The highest BCUT2D eigenvalue weighted by molar-refractivity contribution is 5.74. The van der Waals surface area contributed by atoms with Gasteiger partial charge in [-0.15, -0.1) is 0 Å². The van der Waals surface area contributed by atoms with Crippen molar-refractivity contribution in [2.45, 2.75) is 20.4 Å². The molecule has 2 aromatic heterocycles. The molecular weight excluding hydrogens is 330 g/mol. The molecule has 26 heavy (non-hydrogen) atoms. The van der Waals surface area contributed by atoms with Gasteiger partial charge in [-0.2, -0.15) is 0 Å². The van der Waals surface area contributed by atoms with Crippen LogP contribution in [-0.4, -0.2) is 54.2 Å². The van der Waals surface area contributed by atoms with E-state index in [1.165, 1.54) is 0 Å². The van der Waals surface area contributed by atoms with E-state index in [0.29, 0.717) is 19.6 Å². The Bertz CT molecular complexity index is 758. The molecule has 1 saturated heterocycles. The molecule has 1 N–H and O–H groups in total. The second-order valence-corrected chi connectivity index (χ2v) is 6.38. The van der Waals surface area contributed by atoms with Gasteiger partial charge in [0.05, 0.1) is 19.3 Å². The van der Waals surface area contributed by atoms with Crippen molar-refractivity contribution in [1.82, 2.24) is 20.2 Å². The van der Waals surface area contributed by atoms with Gasteiger partial charge in [-0.25, -0.2) is 4.79 Å². The van der Waals surface area contributed by atoms with Crippen molar-refractivity contribution in [3.05, 3.63) is 47.5 Å². The van der Waals surface area contributed by atoms with Crippen LogP contribution in [0.1, 0.15) is 16.8 Å². The molecule has 0 atom stereocenters. The number of aryl methyl sites for hydroxylation is 1. The van der Waals surface area contributed by atoms with Crippen molar-refractivity contribution in [1.29, 1.82) is 0 Å². The van der Waals surface area contributed by atoms with Crippen LogP contribution in [0.15, 0.2) is 30.7 Å². The first kappa shape index (κ1) is 18.0. The van der Waals surface area contributed by atoms with Gasteiger partial charge in [-0.1, -0.05) is 0 Å². The monoisotopic (exact) mass is 355 g/mol. The molecule has 1 aliphatic heterocycles. The summed E-state index contributed by atoms with van der Waals surface area (Å²) in [5, 5.41) is 2.98. The number of nitrogens with one attached hydrogen (secondary N) is 1. The fourth-order valence-electron chi connectivity index (χ4n) is 3.24. The number of amides is 2. The fourth-order valence-corrected chi connectivity index (χ4v) is 3.24. The minimum atomic E-state index is -0.0554. The van der Waals surface area contributed by atoms with E-state index in [2.05, 4.69) is 20.2 Å². The van der Waals surface area contributed by atoms with Crippen LogP contribution in [0.4, 0.5) is 10.5 Å². The van der Waals surface area contributed by atoms with Crippen molar-refractivity contribution in [2.24, 2.45) is 0 Å². The van der Waals surface area contributed by atoms with Crippen LogP contribution in [-0.2, 0) is 6.54 Å². The molecule has 3 rings (SSSR count). The largest absolute Gasteiger partial charge is 0.496 e. The quantitative estimate of drug-likeness (QED) is 0.910. The number of carbonyl (C=O) groups is 1. The first-order valence-electron chi connectivity index (χ1n) is 8.77. The Morgan fingerprint density at radius 3 is 2.54 bits per heavy atom. The molecule has 0 spiro atoms. The van der Waals surface area contributed by atoms with Crippen LogP contribution in [0.25, 0.3) is 0 Å². The second kappa shape index (κ2) is 8.03. The van der Waals surface area contributed by atoms with E-state index in [1.54, 1.807) is 25.7 Å². The van der Waals surface area contributed by atoms with Crippen molar-refractivity contribution < 1.29 is 9.53 Å². The van der Waals surface area contributed by atoms with Gasteiger partial charge in [0.15, 0.2) is 0 Å². The zero-order chi connectivity index (χ0) is 18.5. The Labute approximate surface area is 154 Å². The molecule has 1 fully saturated rings. The van der Waals surface area contributed by atoms with E-state index in [-0.39, 0.29) is 6.03 Å². The third-order valence-corrected chi connectivity index (χ3v) is 4.75. The van der Waals surface area contributed by atoms with Crippen LogP contribution in [0.2, 0.25) is 0 Å². The fraction of sp³-hybridized carbons (Fsp3) is 0.421. The number of carbonyl (C=O) groups excluding carboxylic acids is 1. The number of piperazine rings is 1. The molecule has 2 amide bonds. The lowest BCUT2D eigenvalue weighted by atomic mass is 10.1. The third-order valence-electron chi connectivity index (χ3n) is 4.75. The average molecular weight is 355 g/mol. The minimum Gasteiger partial charge on any atom is -0.496 e. The summed E-state index contributed by atoms with van der Waals surface area (Å²) in [4.78, 5) is 25.1. The van der Waals surface area contributed by atoms with E-state index in [4.69, 9.17) is 4.74 Å². The molecule has 0 bridgehead atoms. The third kappa shape index (κ3) is 3.87. The molecule has 0 radical (unpaired) electrons. The number of pyridine rings is 2. The number of anilines is 1. The Kier molecular flexibility index (Phi) is 5.55. The summed E-state index contributed by atoms with van der Waals surface area (Å²) in [7, 11) is 1.65. The smallest absolute Gasteiger partial charge is 0.317 e. The lowest BCUT2D eigenvalue weighted by Crippen LogP contribution is -2.51. The van der Waals surface area contributed by atoms with Crippen molar-refractivity contribution in [3.8, 4) is 5.75 Å². The average Bonchev–Trinajstić information content (AvgIpc) is 2.68. The van der Waals surface area contributed by atoms with Gasteiger partial charge in [0.25, 0.3) is 0 Å². The molecule has 0 aromatic carbocycles. The molecule has 0 aliphatic carbocycles. The predicted octanol–water partition coefficient (Wildman–Crippen LogP) is 2.13. The second-order valence-electron chi connectivity index (χ2n) is 6.38. The molecule has 0 unspecified atom stereocenters. The lowest BCUT2D eigenvalue weighted by molar-refractivity contribution is 0.193. The topological polar surface area (TPSA) is 70.6 Å². The van der Waals surface area contributed by atoms with Crippen molar-refractivity contribution in [3.63, 3.8) is 0 Å². The Hall–Kier alpha value is -2.83. The summed E-state index contributed by atoms with van der Waals surface area (Å²) in [5.74, 6) is 0.829. The highest BCUT2D eigenvalue weighted by atomic mass is 16.5. The van der Waals surface area contributed by atoms with Gasteiger partial charge in [-0.05, 0) is 26.0 Å². The van der Waals surface area contributed by atoms with Crippen LogP contribution >= 0.6 is 0 Å². The van der Waals surface area contributed by atoms with E-state index in [1.807, 2.05) is 30.9 Å². The van der Waals surface area contributed by atoms with E-state index < -0.39 is 0 Å². The van der Waals surface area contributed by atoms with E-state index in [0.717, 1.165) is 41.3 Å².